The summed E-state index contributed by atoms with van der Waals surface area (Å²) in [6.45, 7) is 13.8. The largest absolute Gasteiger partial charge is 0.462 e. The van der Waals surface area contributed by atoms with Crippen molar-refractivity contribution in [1.29, 1.82) is 0 Å². The molecule has 0 amide bonds. The fourth-order valence-electron chi connectivity index (χ4n) is 9.50. The summed E-state index contributed by atoms with van der Waals surface area (Å²) in [4.78, 5) is 38.2. The van der Waals surface area contributed by atoms with Crippen molar-refractivity contribution in [3.8, 4) is 0 Å². The number of rotatable bonds is 55. The van der Waals surface area contributed by atoms with Crippen LogP contribution in [-0.2, 0) is 28.6 Å². The van der Waals surface area contributed by atoms with Gasteiger partial charge < -0.3 is 14.2 Å². The molecule has 0 aliphatic carbocycles. The molecule has 0 saturated heterocycles. The highest BCUT2D eigenvalue weighted by molar-refractivity contribution is 5.71. The Morgan fingerprint density at radius 1 is 0.294 bits per heavy atom. The minimum Gasteiger partial charge on any atom is -0.462 e. The number of carbonyl (C=O) groups is 3. The van der Waals surface area contributed by atoms with Crippen molar-refractivity contribution in [2.45, 2.75) is 349 Å². The van der Waals surface area contributed by atoms with E-state index >= 15 is 0 Å². The molecule has 0 saturated carbocycles. The lowest BCUT2D eigenvalue weighted by Crippen LogP contribution is -2.30. The number of ether oxygens (including phenoxy) is 3. The first kappa shape index (κ1) is 66.4. The van der Waals surface area contributed by atoms with Gasteiger partial charge in [-0.2, -0.15) is 0 Å². The van der Waals surface area contributed by atoms with Gasteiger partial charge in [-0.05, 0) is 37.0 Å². The molecular formula is C62H120O6. The Labute approximate surface area is 425 Å². The SMILES string of the molecule is CCC(C)CCCCCCCCCCCCCCCCC(=O)OC[C@@H](COC(=O)CCCCCCCCCCCCCCCCC(C)C)OC(=O)CCCCCCCCCCCCCCC(C)C. The Hall–Kier alpha value is -1.59. The van der Waals surface area contributed by atoms with Gasteiger partial charge in [-0.15, -0.1) is 0 Å². The average Bonchev–Trinajstić information content (AvgIpc) is 3.31. The normalized spacial score (nSPS) is 12.5. The topological polar surface area (TPSA) is 78.9 Å². The third-order valence-corrected chi connectivity index (χ3v) is 14.5. The predicted octanol–water partition coefficient (Wildman–Crippen LogP) is 20.3. The summed E-state index contributed by atoms with van der Waals surface area (Å²) in [5, 5.41) is 0. The quantitative estimate of drug-likeness (QED) is 0.0343. The zero-order valence-corrected chi connectivity index (χ0v) is 46.9. The molecular weight excluding hydrogens is 841 g/mol. The molecule has 0 aromatic rings. The fraction of sp³-hybridized carbons (Fsp3) is 0.952. The molecule has 0 radical (unpaired) electrons. The molecule has 404 valence electrons. The number of unbranched alkanes of at least 4 members (excludes halogenated alkanes) is 37. The summed E-state index contributed by atoms with van der Waals surface area (Å²) in [6, 6.07) is 0. The maximum absolute atomic E-state index is 12.9. The van der Waals surface area contributed by atoms with Gasteiger partial charge in [0.1, 0.15) is 13.2 Å². The van der Waals surface area contributed by atoms with Gasteiger partial charge in [0, 0.05) is 19.3 Å². The van der Waals surface area contributed by atoms with E-state index in [2.05, 4.69) is 41.5 Å². The molecule has 0 aromatic carbocycles. The molecule has 0 aromatic heterocycles. The lowest BCUT2D eigenvalue weighted by molar-refractivity contribution is -0.167. The number of esters is 3. The van der Waals surface area contributed by atoms with Crippen molar-refractivity contribution in [2.75, 3.05) is 13.2 Å². The van der Waals surface area contributed by atoms with Crippen LogP contribution in [0.5, 0.6) is 0 Å². The summed E-state index contributed by atoms with van der Waals surface area (Å²) < 4.78 is 16.9. The molecule has 1 unspecified atom stereocenters. The highest BCUT2D eigenvalue weighted by atomic mass is 16.6. The third-order valence-electron chi connectivity index (χ3n) is 14.5. The van der Waals surface area contributed by atoms with Crippen LogP contribution >= 0.6 is 0 Å². The first-order valence-electron chi connectivity index (χ1n) is 30.6. The van der Waals surface area contributed by atoms with E-state index < -0.39 is 6.10 Å². The van der Waals surface area contributed by atoms with E-state index in [4.69, 9.17) is 14.2 Å². The Balaban J connectivity index is 4.30. The van der Waals surface area contributed by atoms with Crippen LogP contribution in [-0.4, -0.2) is 37.2 Å². The third kappa shape index (κ3) is 53.8. The van der Waals surface area contributed by atoms with Crippen molar-refractivity contribution >= 4 is 17.9 Å². The highest BCUT2D eigenvalue weighted by Gasteiger charge is 2.19. The lowest BCUT2D eigenvalue weighted by atomic mass is 9.99. The molecule has 0 heterocycles. The number of carbonyl (C=O) groups excluding carboxylic acids is 3. The van der Waals surface area contributed by atoms with Gasteiger partial charge in [-0.1, -0.05) is 305 Å². The molecule has 0 fully saturated rings. The van der Waals surface area contributed by atoms with Crippen molar-refractivity contribution in [3.63, 3.8) is 0 Å². The second-order valence-electron chi connectivity index (χ2n) is 22.5. The minimum absolute atomic E-state index is 0.0630. The van der Waals surface area contributed by atoms with Gasteiger partial charge in [0.2, 0.25) is 0 Å². The Morgan fingerprint density at radius 3 is 0.765 bits per heavy atom. The number of hydrogen-bond donors (Lipinski definition) is 0. The Kier molecular flexibility index (Phi) is 52.0. The molecule has 0 aliphatic rings. The monoisotopic (exact) mass is 961 g/mol. The average molecular weight is 962 g/mol. The van der Waals surface area contributed by atoms with Crippen LogP contribution in [0.3, 0.4) is 0 Å². The summed E-state index contributed by atoms with van der Waals surface area (Å²) >= 11 is 0. The maximum atomic E-state index is 12.9. The molecule has 68 heavy (non-hydrogen) atoms. The summed E-state index contributed by atoms with van der Waals surface area (Å²) in [7, 11) is 0. The molecule has 6 nitrogen and oxygen atoms in total. The molecule has 0 rings (SSSR count). The van der Waals surface area contributed by atoms with E-state index in [0.29, 0.717) is 19.3 Å². The predicted molar refractivity (Wildman–Crippen MR) is 293 cm³/mol. The van der Waals surface area contributed by atoms with Gasteiger partial charge in [0.25, 0.3) is 0 Å². The van der Waals surface area contributed by atoms with E-state index in [9.17, 15) is 14.4 Å². The van der Waals surface area contributed by atoms with Crippen LogP contribution in [0.25, 0.3) is 0 Å². The first-order chi connectivity index (χ1) is 33.1. The first-order valence-corrected chi connectivity index (χ1v) is 30.6. The Morgan fingerprint density at radius 2 is 0.515 bits per heavy atom. The van der Waals surface area contributed by atoms with Gasteiger partial charge in [-0.3, -0.25) is 14.4 Å². The van der Waals surface area contributed by atoms with Crippen LogP contribution in [0.4, 0.5) is 0 Å². The van der Waals surface area contributed by atoms with E-state index in [0.717, 1.165) is 75.5 Å². The van der Waals surface area contributed by atoms with Gasteiger partial charge in [-0.25, -0.2) is 0 Å². The second-order valence-corrected chi connectivity index (χ2v) is 22.5. The minimum atomic E-state index is -0.764. The van der Waals surface area contributed by atoms with Gasteiger partial charge >= 0.3 is 17.9 Å². The number of hydrogen-bond acceptors (Lipinski definition) is 6. The lowest BCUT2D eigenvalue weighted by Gasteiger charge is -2.18. The van der Waals surface area contributed by atoms with Crippen LogP contribution in [0.15, 0.2) is 0 Å². The molecule has 2 atom stereocenters. The molecule has 0 N–H and O–H groups in total. The van der Waals surface area contributed by atoms with Crippen molar-refractivity contribution < 1.29 is 28.6 Å². The van der Waals surface area contributed by atoms with Crippen molar-refractivity contribution in [1.82, 2.24) is 0 Å². The van der Waals surface area contributed by atoms with Crippen LogP contribution in [0.1, 0.15) is 343 Å². The van der Waals surface area contributed by atoms with Gasteiger partial charge in [0.15, 0.2) is 6.10 Å². The van der Waals surface area contributed by atoms with Crippen LogP contribution in [0.2, 0.25) is 0 Å². The summed E-state index contributed by atoms with van der Waals surface area (Å²) in [5.41, 5.74) is 0. The fourth-order valence-corrected chi connectivity index (χ4v) is 9.50. The Bertz CT molecular complexity index is 1060. The standard InChI is InChI=1S/C62H120O6/c1-7-58(6)50-44-38-32-26-20-13-9-11-15-22-28-34-40-46-52-61(64)67-55-59(68-62(65)53-47-41-35-29-23-17-16-19-25-31-37-43-49-57(4)5)54-66-60(63)51-45-39-33-27-21-14-10-8-12-18-24-30-36-42-48-56(2)3/h56-59H,7-55H2,1-6H3/t58?,59-/m1/s1. The smallest absolute Gasteiger partial charge is 0.306 e. The van der Waals surface area contributed by atoms with Gasteiger partial charge in [0.05, 0.1) is 0 Å². The molecule has 6 heteroatoms. The zero-order valence-electron chi connectivity index (χ0n) is 46.9. The van der Waals surface area contributed by atoms with Crippen molar-refractivity contribution in [2.24, 2.45) is 17.8 Å². The maximum Gasteiger partial charge on any atom is 0.306 e. The van der Waals surface area contributed by atoms with Crippen molar-refractivity contribution in [3.05, 3.63) is 0 Å². The molecule has 0 aliphatic heterocycles. The van der Waals surface area contributed by atoms with E-state index in [1.54, 1.807) is 0 Å². The van der Waals surface area contributed by atoms with Crippen LogP contribution < -0.4 is 0 Å². The van der Waals surface area contributed by atoms with Crippen LogP contribution in [0, 0.1) is 17.8 Å². The molecule has 0 spiro atoms. The zero-order chi connectivity index (χ0) is 49.8. The summed E-state index contributed by atoms with van der Waals surface area (Å²) in [6.07, 6.45) is 56.6. The molecule has 0 bridgehead atoms. The highest BCUT2D eigenvalue weighted by Crippen LogP contribution is 2.19. The summed E-state index contributed by atoms with van der Waals surface area (Å²) in [5.74, 6) is 1.73. The second kappa shape index (κ2) is 53.2. The van der Waals surface area contributed by atoms with E-state index in [1.165, 1.54) is 225 Å². The van der Waals surface area contributed by atoms with E-state index in [-0.39, 0.29) is 31.1 Å². The van der Waals surface area contributed by atoms with E-state index in [1.807, 2.05) is 0 Å².